The number of likely N-dealkylation sites (tertiary alicyclic amines) is 1. The highest BCUT2D eigenvalue weighted by atomic mass is 79.9. The number of aromatic carboxylic acids is 1. The van der Waals surface area contributed by atoms with Crippen molar-refractivity contribution in [2.24, 2.45) is 0 Å². The van der Waals surface area contributed by atoms with Crippen LogP contribution in [0.15, 0.2) is 10.7 Å². The molecular formula is C20H28BrN5O4. The standard InChI is InChI=1S/C20H28BrN5O4/c1-6-25(13-7-9-24(10-8-13)19(29)30-20(3,4)5)17-12(2)15(18(27)28)23-16-14(21)11-22-26(16)17/h11,13H,6-10H2,1-5H3,(H,27,28). The van der Waals surface area contributed by atoms with E-state index in [4.69, 9.17) is 4.74 Å². The molecule has 0 radical (unpaired) electrons. The van der Waals surface area contributed by atoms with Crippen LogP contribution in [0.25, 0.3) is 5.65 Å². The van der Waals surface area contributed by atoms with Crippen LogP contribution in [0.1, 0.15) is 56.6 Å². The number of piperidine rings is 1. The molecule has 0 unspecified atom stereocenters. The molecule has 0 atom stereocenters. The van der Waals surface area contributed by atoms with Crippen LogP contribution >= 0.6 is 15.9 Å². The van der Waals surface area contributed by atoms with Gasteiger partial charge in [-0.1, -0.05) is 0 Å². The van der Waals surface area contributed by atoms with E-state index in [-0.39, 0.29) is 17.8 Å². The lowest BCUT2D eigenvalue weighted by molar-refractivity contribution is 0.0204. The molecule has 1 N–H and O–H groups in total. The predicted molar refractivity (Wildman–Crippen MR) is 116 cm³/mol. The number of anilines is 1. The Bertz CT molecular complexity index is 960. The number of carboxylic acids is 1. The Labute approximate surface area is 184 Å². The molecule has 0 aliphatic carbocycles. The van der Waals surface area contributed by atoms with Crippen LogP contribution < -0.4 is 4.90 Å². The van der Waals surface area contributed by atoms with E-state index in [0.717, 1.165) is 18.7 Å². The van der Waals surface area contributed by atoms with E-state index in [1.54, 1.807) is 22.5 Å². The van der Waals surface area contributed by atoms with E-state index >= 15 is 0 Å². The summed E-state index contributed by atoms with van der Waals surface area (Å²) in [6.45, 7) is 11.2. The number of aromatic nitrogens is 3. The molecule has 2 aromatic rings. The molecule has 164 valence electrons. The molecule has 2 aromatic heterocycles. The number of rotatable bonds is 4. The van der Waals surface area contributed by atoms with Gasteiger partial charge in [-0.05, 0) is 63.4 Å². The number of carbonyl (C=O) groups is 2. The maximum Gasteiger partial charge on any atom is 0.410 e. The number of hydrogen-bond donors (Lipinski definition) is 1. The summed E-state index contributed by atoms with van der Waals surface area (Å²) >= 11 is 3.41. The van der Waals surface area contributed by atoms with Crippen molar-refractivity contribution in [3.63, 3.8) is 0 Å². The second kappa shape index (κ2) is 8.41. The van der Waals surface area contributed by atoms with Crippen LogP contribution in [-0.4, -0.2) is 67.9 Å². The summed E-state index contributed by atoms with van der Waals surface area (Å²) in [5, 5.41) is 14.1. The number of ether oxygens (including phenoxy) is 1. The van der Waals surface area contributed by atoms with Gasteiger partial charge < -0.3 is 19.6 Å². The molecule has 1 saturated heterocycles. The number of amides is 1. The highest BCUT2D eigenvalue weighted by molar-refractivity contribution is 9.10. The molecule has 1 amide bonds. The van der Waals surface area contributed by atoms with Crippen molar-refractivity contribution in [1.29, 1.82) is 0 Å². The smallest absolute Gasteiger partial charge is 0.410 e. The summed E-state index contributed by atoms with van der Waals surface area (Å²) in [5.41, 5.74) is 0.534. The Hall–Kier alpha value is -2.36. The van der Waals surface area contributed by atoms with Crippen LogP contribution in [0, 0.1) is 6.92 Å². The molecule has 9 nitrogen and oxygen atoms in total. The molecule has 0 saturated carbocycles. The average molecular weight is 482 g/mol. The maximum atomic E-state index is 12.4. The maximum absolute atomic E-state index is 12.4. The molecule has 1 aliphatic heterocycles. The minimum absolute atomic E-state index is 0.0170. The minimum Gasteiger partial charge on any atom is -0.476 e. The number of carboxylic acid groups (broad SMARTS) is 1. The quantitative estimate of drug-likeness (QED) is 0.709. The Balaban J connectivity index is 1.89. The first-order valence-electron chi connectivity index (χ1n) is 10.0. The fourth-order valence-electron chi connectivity index (χ4n) is 3.85. The molecule has 0 aromatic carbocycles. The van der Waals surface area contributed by atoms with Crippen molar-refractivity contribution in [3.8, 4) is 0 Å². The van der Waals surface area contributed by atoms with Crippen LogP contribution in [0.3, 0.4) is 0 Å². The van der Waals surface area contributed by atoms with E-state index < -0.39 is 11.6 Å². The van der Waals surface area contributed by atoms with Gasteiger partial charge in [0.15, 0.2) is 11.3 Å². The third kappa shape index (κ3) is 4.38. The van der Waals surface area contributed by atoms with Crippen LogP contribution in [0.5, 0.6) is 0 Å². The first-order chi connectivity index (χ1) is 14.0. The van der Waals surface area contributed by atoms with Gasteiger partial charge in [-0.25, -0.2) is 14.6 Å². The summed E-state index contributed by atoms with van der Waals surface area (Å²) in [6, 6.07) is 0.141. The Morgan fingerprint density at radius 2 is 1.97 bits per heavy atom. The number of fused-ring (bicyclic) bond motifs is 1. The number of carbonyl (C=O) groups excluding carboxylic acids is 1. The second-order valence-electron chi connectivity index (χ2n) is 8.43. The minimum atomic E-state index is -1.07. The largest absolute Gasteiger partial charge is 0.476 e. The molecule has 30 heavy (non-hydrogen) atoms. The Morgan fingerprint density at radius 3 is 2.50 bits per heavy atom. The summed E-state index contributed by atoms with van der Waals surface area (Å²) in [5.74, 6) is -0.346. The van der Waals surface area contributed by atoms with Crippen molar-refractivity contribution in [2.45, 2.75) is 59.1 Å². The Morgan fingerprint density at radius 1 is 1.33 bits per heavy atom. The van der Waals surface area contributed by atoms with Gasteiger partial charge in [-0.2, -0.15) is 9.61 Å². The molecule has 10 heteroatoms. The third-order valence-corrected chi connectivity index (χ3v) is 5.74. The predicted octanol–water partition coefficient (Wildman–Crippen LogP) is 3.72. The molecule has 1 aliphatic rings. The summed E-state index contributed by atoms with van der Waals surface area (Å²) in [6.07, 6.45) is 2.83. The topological polar surface area (TPSA) is 100 Å². The molecule has 0 bridgehead atoms. The fraction of sp³-hybridized carbons (Fsp3) is 0.600. The van der Waals surface area contributed by atoms with Gasteiger partial charge >= 0.3 is 12.1 Å². The molecule has 1 fully saturated rings. The summed E-state index contributed by atoms with van der Waals surface area (Å²) in [4.78, 5) is 32.4. The number of nitrogens with zero attached hydrogens (tertiary/aromatic N) is 5. The van der Waals surface area contributed by atoms with Crippen LogP contribution in [0.4, 0.5) is 10.6 Å². The van der Waals surface area contributed by atoms with Gasteiger partial charge in [0.1, 0.15) is 11.4 Å². The average Bonchev–Trinajstić information content (AvgIpc) is 3.03. The molecule has 3 heterocycles. The zero-order chi connectivity index (χ0) is 22.2. The van der Waals surface area contributed by atoms with Gasteiger partial charge in [0.05, 0.1) is 10.7 Å². The van der Waals surface area contributed by atoms with E-state index in [1.807, 2.05) is 27.7 Å². The number of hydrogen-bond acceptors (Lipinski definition) is 6. The monoisotopic (exact) mass is 481 g/mol. The number of halogens is 1. The Kier molecular flexibility index (Phi) is 6.26. The molecule has 0 spiro atoms. The third-order valence-electron chi connectivity index (χ3n) is 5.18. The fourth-order valence-corrected chi connectivity index (χ4v) is 4.19. The lowest BCUT2D eigenvalue weighted by atomic mass is 10.0. The van der Waals surface area contributed by atoms with E-state index in [2.05, 4.69) is 30.9 Å². The van der Waals surface area contributed by atoms with Crippen molar-refractivity contribution < 1.29 is 19.4 Å². The first kappa shape index (κ1) is 22.3. The van der Waals surface area contributed by atoms with Crippen LogP contribution in [-0.2, 0) is 4.74 Å². The van der Waals surface area contributed by atoms with Gasteiger partial charge in [-0.3, -0.25) is 0 Å². The lowest BCUT2D eigenvalue weighted by Gasteiger charge is -2.40. The normalized spacial score (nSPS) is 15.5. The van der Waals surface area contributed by atoms with E-state index in [9.17, 15) is 14.7 Å². The molecular weight excluding hydrogens is 454 g/mol. The van der Waals surface area contributed by atoms with E-state index in [0.29, 0.717) is 35.3 Å². The zero-order valence-corrected chi connectivity index (χ0v) is 19.6. The second-order valence-corrected chi connectivity index (χ2v) is 9.28. The highest BCUT2D eigenvalue weighted by Crippen LogP contribution is 2.31. The van der Waals surface area contributed by atoms with Crippen molar-refractivity contribution in [1.82, 2.24) is 19.5 Å². The van der Waals surface area contributed by atoms with Crippen molar-refractivity contribution in [3.05, 3.63) is 21.9 Å². The van der Waals surface area contributed by atoms with Gasteiger partial charge in [-0.15, -0.1) is 0 Å². The van der Waals surface area contributed by atoms with Gasteiger partial charge in [0, 0.05) is 31.2 Å². The van der Waals surface area contributed by atoms with Gasteiger partial charge in [0.25, 0.3) is 0 Å². The SMILES string of the molecule is CCN(c1c(C)c(C(=O)O)nc2c(Br)cnn12)C1CCN(C(=O)OC(C)(C)C)CC1. The van der Waals surface area contributed by atoms with Crippen molar-refractivity contribution in [2.75, 3.05) is 24.5 Å². The lowest BCUT2D eigenvalue weighted by Crippen LogP contribution is -2.48. The first-order valence-corrected chi connectivity index (χ1v) is 10.8. The zero-order valence-electron chi connectivity index (χ0n) is 18.0. The van der Waals surface area contributed by atoms with E-state index in [1.165, 1.54) is 0 Å². The highest BCUT2D eigenvalue weighted by Gasteiger charge is 2.32. The van der Waals surface area contributed by atoms with Crippen LogP contribution in [0.2, 0.25) is 0 Å². The summed E-state index contributed by atoms with van der Waals surface area (Å²) < 4.78 is 7.82. The van der Waals surface area contributed by atoms with Gasteiger partial charge in [0.2, 0.25) is 0 Å². The molecule has 3 rings (SSSR count). The van der Waals surface area contributed by atoms with Crippen molar-refractivity contribution >= 4 is 39.5 Å². The summed E-state index contributed by atoms with van der Waals surface area (Å²) in [7, 11) is 0.